The minimum atomic E-state index is 0.0962. The number of nitrogens with zero attached hydrogens (tertiary/aromatic N) is 2. The van der Waals surface area contributed by atoms with Crippen LogP contribution in [0.5, 0.6) is 0 Å². The second kappa shape index (κ2) is 7.89. The molecular weight excluding hydrogens is 382 g/mol. The molecule has 7 heteroatoms. The Morgan fingerprint density at radius 2 is 2.00 bits per heavy atom. The molecule has 1 fully saturated rings. The fourth-order valence-electron chi connectivity index (χ4n) is 5.00. The van der Waals surface area contributed by atoms with Crippen LogP contribution in [0.1, 0.15) is 54.1 Å². The van der Waals surface area contributed by atoms with E-state index in [0.29, 0.717) is 5.95 Å². The van der Waals surface area contributed by atoms with Crippen LogP contribution in [0.3, 0.4) is 0 Å². The minimum Gasteiger partial charge on any atom is -0.326 e. The van der Waals surface area contributed by atoms with E-state index in [4.69, 9.17) is 10.8 Å². The zero-order chi connectivity index (χ0) is 19.8. The average Bonchev–Trinajstić information content (AvgIpc) is 3.12. The van der Waals surface area contributed by atoms with Gasteiger partial charge in [0.05, 0.1) is 16.8 Å². The van der Waals surface area contributed by atoms with Gasteiger partial charge in [0.15, 0.2) is 0 Å². The van der Waals surface area contributed by atoms with E-state index in [2.05, 4.69) is 35.8 Å². The minimum absolute atomic E-state index is 0.0962. The Hall–Kier alpha value is -2.22. The molecule has 1 saturated carbocycles. The largest absolute Gasteiger partial charge is 0.326 e. The Balaban J connectivity index is 1.51. The summed E-state index contributed by atoms with van der Waals surface area (Å²) < 4.78 is 1.84. The van der Waals surface area contributed by atoms with Crippen LogP contribution in [0.4, 0.5) is 5.95 Å². The number of hydrogen-bond acceptors (Lipinski definition) is 5. The number of thiophene rings is 1. The molecule has 2 aromatic heterocycles. The van der Waals surface area contributed by atoms with Crippen molar-refractivity contribution in [2.45, 2.75) is 57.7 Å². The summed E-state index contributed by atoms with van der Waals surface area (Å²) in [5.41, 5.74) is 5.39. The lowest BCUT2D eigenvalue weighted by Crippen LogP contribution is -3.10. The van der Waals surface area contributed by atoms with E-state index < -0.39 is 0 Å². The van der Waals surface area contributed by atoms with Crippen molar-refractivity contribution in [2.24, 2.45) is 5.84 Å². The van der Waals surface area contributed by atoms with E-state index >= 15 is 0 Å². The number of benzene rings is 1. The van der Waals surface area contributed by atoms with E-state index in [-0.39, 0.29) is 11.6 Å². The van der Waals surface area contributed by atoms with Gasteiger partial charge in [0.2, 0.25) is 5.95 Å². The first-order valence-electron chi connectivity index (χ1n) is 10.7. The van der Waals surface area contributed by atoms with Gasteiger partial charge in [-0.05, 0) is 18.4 Å². The summed E-state index contributed by atoms with van der Waals surface area (Å²) in [6.07, 6.45) is 6.58. The lowest BCUT2D eigenvalue weighted by molar-refractivity contribution is -0.929. The first kappa shape index (κ1) is 18.8. The number of quaternary nitrogens is 1. The third-order valence-electron chi connectivity index (χ3n) is 6.45. The van der Waals surface area contributed by atoms with Crippen LogP contribution in [0.2, 0.25) is 0 Å². The Bertz CT molecular complexity index is 1070. The summed E-state index contributed by atoms with van der Waals surface area (Å²) in [6.45, 7) is 3.02. The Morgan fingerprint density at radius 1 is 1.21 bits per heavy atom. The highest BCUT2D eigenvalue weighted by Crippen LogP contribution is 2.33. The van der Waals surface area contributed by atoms with Crippen LogP contribution in [0, 0.1) is 0 Å². The number of hydrogen-bond donors (Lipinski definition) is 3. The van der Waals surface area contributed by atoms with Crippen molar-refractivity contribution >= 4 is 27.5 Å². The normalized spacial score (nSPS) is 20.0. The molecule has 1 aliphatic carbocycles. The van der Waals surface area contributed by atoms with Crippen molar-refractivity contribution < 1.29 is 4.90 Å². The molecule has 152 valence electrons. The fraction of sp³-hybridized carbons (Fsp3) is 0.455. The number of nitrogens with one attached hydrogen (secondary N) is 2. The molecule has 6 nitrogen and oxygen atoms in total. The lowest BCUT2D eigenvalue weighted by Gasteiger charge is -2.26. The van der Waals surface area contributed by atoms with Crippen LogP contribution in [0.15, 0.2) is 35.1 Å². The van der Waals surface area contributed by atoms with E-state index in [1.165, 1.54) is 35.3 Å². The Morgan fingerprint density at radius 3 is 2.76 bits per heavy atom. The van der Waals surface area contributed by atoms with E-state index in [1.807, 2.05) is 4.57 Å². The quantitative estimate of drug-likeness (QED) is 0.456. The summed E-state index contributed by atoms with van der Waals surface area (Å²) in [7, 11) is 0. The number of nitrogen functional groups attached to an aromatic ring is 1. The molecule has 2 aliphatic rings. The summed E-state index contributed by atoms with van der Waals surface area (Å²) in [6, 6.07) is 10.9. The van der Waals surface area contributed by atoms with Gasteiger partial charge in [-0.25, -0.2) is 10.8 Å². The van der Waals surface area contributed by atoms with Gasteiger partial charge in [0.25, 0.3) is 5.56 Å². The third kappa shape index (κ3) is 3.47. The van der Waals surface area contributed by atoms with Crippen molar-refractivity contribution in [1.29, 1.82) is 0 Å². The predicted molar refractivity (Wildman–Crippen MR) is 117 cm³/mol. The van der Waals surface area contributed by atoms with E-state index in [9.17, 15) is 4.79 Å². The Kier molecular flexibility index (Phi) is 5.11. The third-order valence-corrected chi connectivity index (χ3v) is 7.57. The number of fused-ring (bicyclic) bond motifs is 3. The number of nitrogens with two attached hydrogens (primary N) is 1. The molecule has 0 saturated heterocycles. The van der Waals surface area contributed by atoms with Crippen LogP contribution in [-0.2, 0) is 19.5 Å². The smallest absolute Gasteiger partial charge is 0.264 e. The summed E-state index contributed by atoms with van der Waals surface area (Å²) in [5.74, 6) is 6.29. The Labute approximate surface area is 174 Å². The molecule has 0 spiro atoms. The molecule has 29 heavy (non-hydrogen) atoms. The SMILES string of the molecule is NNc1nc2sc3c(c2c(=O)n1C1CCCCC1)CC[NH+](Cc1ccccc1)C3. The highest BCUT2D eigenvalue weighted by atomic mass is 32.1. The number of rotatable bonds is 4. The molecule has 4 N–H and O–H groups in total. The first-order chi connectivity index (χ1) is 14.2. The summed E-state index contributed by atoms with van der Waals surface area (Å²) in [4.78, 5) is 22.0. The van der Waals surface area contributed by atoms with Crippen molar-refractivity contribution in [3.05, 3.63) is 56.7 Å². The van der Waals surface area contributed by atoms with Gasteiger partial charge in [-0.3, -0.25) is 14.8 Å². The number of aromatic nitrogens is 2. The maximum Gasteiger partial charge on any atom is 0.264 e. The molecule has 3 heterocycles. The maximum atomic E-state index is 13.5. The van der Waals surface area contributed by atoms with Gasteiger partial charge in [0.1, 0.15) is 17.9 Å². The van der Waals surface area contributed by atoms with Crippen LogP contribution < -0.4 is 21.7 Å². The average molecular weight is 411 g/mol. The fourth-order valence-corrected chi connectivity index (χ4v) is 6.29. The molecule has 0 bridgehead atoms. The van der Waals surface area contributed by atoms with Gasteiger partial charge < -0.3 is 4.90 Å². The van der Waals surface area contributed by atoms with Crippen LogP contribution >= 0.6 is 11.3 Å². The molecule has 1 unspecified atom stereocenters. The van der Waals surface area contributed by atoms with Crippen molar-refractivity contribution in [3.63, 3.8) is 0 Å². The van der Waals surface area contributed by atoms with Gasteiger partial charge in [0, 0.05) is 18.0 Å². The lowest BCUT2D eigenvalue weighted by atomic mass is 9.95. The monoisotopic (exact) mass is 410 g/mol. The molecule has 0 amide bonds. The highest BCUT2D eigenvalue weighted by molar-refractivity contribution is 7.18. The van der Waals surface area contributed by atoms with Gasteiger partial charge >= 0.3 is 0 Å². The number of anilines is 1. The predicted octanol–water partition coefficient (Wildman–Crippen LogP) is 2.39. The van der Waals surface area contributed by atoms with Crippen molar-refractivity contribution in [1.82, 2.24) is 9.55 Å². The molecule has 3 aromatic rings. The second-order valence-corrected chi connectivity index (χ2v) is 9.40. The maximum absolute atomic E-state index is 13.5. The zero-order valence-electron chi connectivity index (χ0n) is 16.6. The van der Waals surface area contributed by atoms with E-state index in [0.717, 1.165) is 49.1 Å². The molecular formula is C22H28N5OS+. The molecule has 1 atom stereocenters. The van der Waals surface area contributed by atoms with Crippen LogP contribution in [0.25, 0.3) is 10.2 Å². The summed E-state index contributed by atoms with van der Waals surface area (Å²) >= 11 is 1.67. The van der Waals surface area contributed by atoms with Gasteiger partial charge in [-0.2, -0.15) is 0 Å². The van der Waals surface area contributed by atoms with Crippen LogP contribution in [-0.4, -0.2) is 16.1 Å². The molecule has 1 aromatic carbocycles. The van der Waals surface area contributed by atoms with E-state index in [1.54, 1.807) is 16.2 Å². The summed E-state index contributed by atoms with van der Waals surface area (Å²) in [5, 5.41) is 0.841. The molecule has 0 radical (unpaired) electrons. The van der Waals surface area contributed by atoms with Crippen molar-refractivity contribution in [3.8, 4) is 0 Å². The standard InChI is InChI=1S/C22H27N5OS/c23-25-22-24-20-19(21(28)27(22)16-9-5-2-6-10-16)17-11-12-26(14-18(17)29-20)13-15-7-3-1-4-8-15/h1,3-4,7-8,16H,2,5-6,9-14,23H2,(H,24,25)/p+1. The molecule has 1 aliphatic heterocycles. The molecule has 5 rings (SSSR count). The topological polar surface area (TPSA) is 77.4 Å². The van der Waals surface area contributed by atoms with Crippen molar-refractivity contribution in [2.75, 3.05) is 12.0 Å². The van der Waals surface area contributed by atoms with Gasteiger partial charge in [-0.1, -0.05) is 49.6 Å². The zero-order valence-corrected chi connectivity index (χ0v) is 17.4. The first-order valence-corrected chi connectivity index (χ1v) is 11.5. The van der Waals surface area contributed by atoms with Gasteiger partial charge in [-0.15, -0.1) is 11.3 Å². The highest BCUT2D eigenvalue weighted by Gasteiger charge is 2.29. The second-order valence-electron chi connectivity index (χ2n) is 8.32. The number of hydrazine groups is 1.